The van der Waals surface area contributed by atoms with E-state index in [0.717, 1.165) is 4.90 Å². The second kappa shape index (κ2) is 6.60. The normalized spacial score (nSPS) is 11.7. The lowest BCUT2D eigenvalue weighted by Gasteiger charge is -2.22. The largest absolute Gasteiger partial charge is 0.495 e. The van der Waals surface area contributed by atoms with Gasteiger partial charge in [0.1, 0.15) is 22.0 Å². The molecule has 0 spiro atoms. The maximum atomic E-state index is 12.3. The molecule has 1 N–H and O–H groups in total. The average Bonchev–Trinajstić information content (AvgIpc) is 2.44. The molecular weight excluding hydrogens is 330 g/mol. The standard InChI is InChI=1S/C13H16BrNO5/c1-7(13(17)18)15(2)12(16)8-5-9(19-3)11(14)10(6-8)20-4/h5-7H,1-4H3,(H,17,18). The minimum absolute atomic E-state index is 0.289. The number of aliphatic carboxylic acids is 1. The maximum absolute atomic E-state index is 12.3. The zero-order valence-corrected chi connectivity index (χ0v) is 13.2. The first-order chi connectivity index (χ1) is 9.33. The molecular formula is C13H16BrNO5. The monoisotopic (exact) mass is 345 g/mol. The van der Waals surface area contributed by atoms with E-state index in [1.165, 1.54) is 40.3 Å². The Morgan fingerprint density at radius 1 is 1.25 bits per heavy atom. The van der Waals surface area contributed by atoms with Crippen LogP contribution >= 0.6 is 15.9 Å². The van der Waals surface area contributed by atoms with E-state index in [9.17, 15) is 9.59 Å². The SMILES string of the molecule is COc1cc(C(=O)N(C)C(C)C(=O)O)cc(OC)c1Br. The first-order valence-electron chi connectivity index (χ1n) is 5.75. The van der Waals surface area contributed by atoms with Gasteiger partial charge < -0.3 is 19.5 Å². The van der Waals surface area contributed by atoms with Crippen LogP contribution in [0.5, 0.6) is 11.5 Å². The number of carboxylic acids is 1. The van der Waals surface area contributed by atoms with Gasteiger partial charge in [0.2, 0.25) is 0 Å². The number of nitrogens with zero attached hydrogens (tertiary/aromatic N) is 1. The Morgan fingerprint density at radius 3 is 2.05 bits per heavy atom. The Balaban J connectivity index is 3.19. The third-order valence-corrected chi connectivity index (χ3v) is 3.73. The number of methoxy groups -OCH3 is 2. The van der Waals surface area contributed by atoms with Crippen molar-refractivity contribution in [2.24, 2.45) is 0 Å². The predicted octanol–water partition coefficient (Wildman–Crippen LogP) is 2.01. The Bertz CT molecular complexity index is 506. The van der Waals surface area contributed by atoms with Gasteiger partial charge in [0, 0.05) is 12.6 Å². The summed E-state index contributed by atoms with van der Waals surface area (Å²) in [7, 11) is 4.37. The molecule has 0 aliphatic rings. The molecule has 6 nitrogen and oxygen atoms in total. The van der Waals surface area contributed by atoms with Gasteiger partial charge in [0.25, 0.3) is 5.91 Å². The quantitative estimate of drug-likeness (QED) is 0.883. The molecule has 110 valence electrons. The Morgan fingerprint density at radius 2 is 1.70 bits per heavy atom. The molecule has 0 aliphatic carbocycles. The molecule has 0 fully saturated rings. The Kier molecular flexibility index (Phi) is 5.38. The summed E-state index contributed by atoms with van der Waals surface area (Å²) in [6, 6.07) is 2.13. The number of carboxylic acid groups (broad SMARTS) is 1. The summed E-state index contributed by atoms with van der Waals surface area (Å²) in [6.45, 7) is 1.44. The van der Waals surface area contributed by atoms with Gasteiger partial charge >= 0.3 is 5.97 Å². The Labute approximate surface area is 125 Å². The van der Waals surface area contributed by atoms with E-state index < -0.39 is 17.9 Å². The predicted molar refractivity (Wildman–Crippen MR) is 76.4 cm³/mol. The number of likely N-dealkylation sites (N-methyl/N-ethyl adjacent to an activating group) is 1. The van der Waals surface area contributed by atoms with Crippen molar-refractivity contribution >= 4 is 27.8 Å². The molecule has 7 heteroatoms. The molecule has 0 radical (unpaired) electrons. The summed E-state index contributed by atoms with van der Waals surface area (Å²) in [6.07, 6.45) is 0. The van der Waals surface area contributed by atoms with Crippen molar-refractivity contribution in [2.45, 2.75) is 13.0 Å². The van der Waals surface area contributed by atoms with Gasteiger partial charge in [-0.15, -0.1) is 0 Å². The molecule has 1 unspecified atom stereocenters. The lowest BCUT2D eigenvalue weighted by Crippen LogP contribution is -2.40. The highest BCUT2D eigenvalue weighted by Gasteiger charge is 2.24. The van der Waals surface area contributed by atoms with E-state index in [1.807, 2.05) is 0 Å². The first kappa shape index (κ1) is 16.3. The molecule has 1 rings (SSSR count). The summed E-state index contributed by atoms with van der Waals surface area (Å²) in [5.74, 6) is -0.631. The molecule has 0 bridgehead atoms. The van der Waals surface area contributed by atoms with Crippen LogP contribution in [0.4, 0.5) is 0 Å². The number of carbonyl (C=O) groups excluding carboxylic acids is 1. The second-order valence-electron chi connectivity index (χ2n) is 4.13. The first-order valence-corrected chi connectivity index (χ1v) is 6.54. The second-order valence-corrected chi connectivity index (χ2v) is 4.92. The van der Waals surface area contributed by atoms with E-state index in [-0.39, 0.29) is 5.56 Å². The van der Waals surface area contributed by atoms with Crippen molar-refractivity contribution in [1.29, 1.82) is 0 Å². The maximum Gasteiger partial charge on any atom is 0.326 e. The molecule has 0 saturated carbocycles. The summed E-state index contributed by atoms with van der Waals surface area (Å²) in [5, 5.41) is 8.94. The third kappa shape index (κ3) is 3.22. The molecule has 1 aromatic rings. The number of ether oxygens (including phenoxy) is 2. The minimum atomic E-state index is -1.07. The van der Waals surface area contributed by atoms with Crippen molar-refractivity contribution in [3.63, 3.8) is 0 Å². The van der Waals surface area contributed by atoms with Crippen molar-refractivity contribution in [2.75, 3.05) is 21.3 Å². The number of halogens is 1. The van der Waals surface area contributed by atoms with Crippen molar-refractivity contribution in [3.8, 4) is 11.5 Å². The van der Waals surface area contributed by atoms with Crippen LogP contribution in [0, 0.1) is 0 Å². The van der Waals surface area contributed by atoms with E-state index >= 15 is 0 Å². The van der Waals surface area contributed by atoms with Crippen LogP contribution in [0.15, 0.2) is 16.6 Å². The minimum Gasteiger partial charge on any atom is -0.495 e. The highest BCUT2D eigenvalue weighted by Crippen LogP contribution is 2.35. The van der Waals surface area contributed by atoms with Gasteiger partial charge in [-0.3, -0.25) is 4.79 Å². The fourth-order valence-electron chi connectivity index (χ4n) is 1.54. The molecule has 0 aliphatic heterocycles. The molecule has 1 amide bonds. The van der Waals surface area contributed by atoms with Crippen LogP contribution in [0.25, 0.3) is 0 Å². The molecule has 1 aromatic carbocycles. The average molecular weight is 346 g/mol. The van der Waals surface area contributed by atoms with Gasteiger partial charge in [0.05, 0.1) is 14.2 Å². The lowest BCUT2D eigenvalue weighted by molar-refractivity contribution is -0.141. The van der Waals surface area contributed by atoms with Gasteiger partial charge in [-0.2, -0.15) is 0 Å². The number of amides is 1. The van der Waals surface area contributed by atoms with Crippen molar-refractivity contribution in [1.82, 2.24) is 4.90 Å². The fraction of sp³-hybridized carbons (Fsp3) is 0.385. The number of rotatable bonds is 5. The van der Waals surface area contributed by atoms with E-state index in [4.69, 9.17) is 14.6 Å². The highest BCUT2D eigenvalue weighted by molar-refractivity contribution is 9.10. The molecule has 0 aromatic heterocycles. The zero-order valence-electron chi connectivity index (χ0n) is 11.6. The summed E-state index contributed by atoms with van der Waals surface area (Å²) < 4.78 is 10.9. The van der Waals surface area contributed by atoms with Gasteiger partial charge in [-0.05, 0) is 35.0 Å². The van der Waals surface area contributed by atoms with Crippen LogP contribution in [0.3, 0.4) is 0 Å². The third-order valence-electron chi connectivity index (χ3n) is 2.95. The van der Waals surface area contributed by atoms with Crippen LogP contribution < -0.4 is 9.47 Å². The number of hydrogen-bond acceptors (Lipinski definition) is 4. The lowest BCUT2D eigenvalue weighted by atomic mass is 10.1. The van der Waals surface area contributed by atoms with E-state index in [1.54, 1.807) is 0 Å². The van der Waals surface area contributed by atoms with Crippen molar-refractivity contribution in [3.05, 3.63) is 22.2 Å². The molecule has 0 heterocycles. The zero-order chi connectivity index (χ0) is 15.4. The number of hydrogen-bond donors (Lipinski definition) is 1. The number of benzene rings is 1. The van der Waals surface area contributed by atoms with Crippen LogP contribution in [0.1, 0.15) is 17.3 Å². The summed E-state index contributed by atoms with van der Waals surface area (Å²) >= 11 is 3.31. The molecule has 1 atom stereocenters. The van der Waals surface area contributed by atoms with Crippen LogP contribution in [-0.2, 0) is 4.79 Å². The molecule has 0 saturated heterocycles. The summed E-state index contributed by atoms with van der Waals surface area (Å²) in [4.78, 5) is 24.3. The van der Waals surface area contributed by atoms with Gasteiger partial charge in [0.15, 0.2) is 0 Å². The van der Waals surface area contributed by atoms with E-state index in [2.05, 4.69) is 15.9 Å². The smallest absolute Gasteiger partial charge is 0.326 e. The van der Waals surface area contributed by atoms with Crippen LogP contribution in [0.2, 0.25) is 0 Å². The van der Waals surface area contributed by atoms with E-state index in [0.29, 0.717) is 16.0 Å². The van der Waals surface area contributed by atoms with Crippen LogP contribution in [-0.4, -0.2) is 49.2 Å². The molecule has 20 heavy (non-hydrogen) atoms. The van der Waals surface area contributed by atoms with Crippen molar-refractivity contribution < 1.29 is 24.2 Å². The highest BCUT2D eigenvalue weighted by atomic mass is 79.9. The fourth-order valence-corrected chi connectivity index (χ4v) is 2.09. The topological polar surface area (TPSA) is 76.1 Å². The summed E-state index contributed by atoms with van der Waals surface area (Å²) in [5.41, 5.74) is 0.289. The van der Waals surface area contributed by atoms with Gasteiger partial charge in [-0.25, -0.2) is 4.79 Å². The van der Waals surface area contributed by atoms with Gasteiger partial charge in [-0.1, -0.05) is 0 Å². The Hall–Kier alpha value is -1.76. The number of carbonyl (C=O) groups is 2.